The number of nitriles is 1. The molecule has 1 amide bonds. The molecule has 1 aliphatic carbocycles. The average Bonchev–Trinajstić information content (AvgIpc) is 3.24. The number of nitrogens with zero attached hydrogens (tertiary/aromatic N) is 6. The Bertz CT molecular complexity index is 1300. The first-order valence-electron chi connectivity index (χ1n) is 13.7. The van der Waals surface area contributed by atoms with Crippen LogP contribution in [0.1, 0.15) is 69.7 Å². The number of benzene rings is 1. The van der Waals surface area contributed by atoms with Gasteiger partial charge in [-0.05, 0) is 84.7 Å². The van der Waals surface area contributed by atoms with Crippen molar-refractivity contribution >= 4 is 59.2 Å². The van der Waals surface area contributed by atoms with Gasteiger partial charge in [0.1, 0.15) is 5.82 Å². The van der Waals surface area contributed by atoms with E-state index in [1.54, 1.807) is 12.1 Å². The first kappa shape index (κ1) is 29.8. The maximum atomic E-state index is 11.8. The minimum atomic E-state index is -0.263. The van der Waals surface area contributed by atoms with Crippen LogP contribution in [0.5, 0.6) is 0 Å². The molecule has 4 N–H and O–H groups in total. The molecule has 10 nitrogen and oxygen atoms in total. The lowest BCUT2D eigenvalue weighted by Gasteiger charge is -2.34. The van der Waals surface area contributed by atoms with Gasteiger partial charge in [-0.2, -0.15) is 5.26 Å². The Morgan fingerprint density at radius 1 is 1.23 bits per heavy atom. The van der Waals surface area contributed by atoms with Gasteiger partial charge in [0.05, 0.1) is 39.1 Å². The Kier molecular flexibility index (Phi) is 9.72. The number of guanidine groups is 1. The van der Waals surface area contributed by atoms with Crippen molar-refractivity contribution in [2.45, 2.75) is 77.4 Å². The Balaban J connectivity index is 1.69. The van der Waals surface area contributed by atoms with E-state index in [-0.39, 0.29) is 23.9 Å². The molecule has 0 unspecified atom stereocenters. The van der Waals surface area contributed by atoms with Gasteiger partial charge in [-0.3, -0.25) is 14.3 Å². The second-order valence-electron chi connectivity index (χ2n) is 10.8. The van der Waals surface area contributed by atoms with Crippen LogP contribution in [0.15, 0.2) is 22.1 Å². The second kappa shape index (κ2) is 13.0. The fraction of sp³-hybridized carbons (Fsp3) is 0.536. The molecule has 0 bridgehead atoms. The van der Waals surface area contributed by atoms with Crippen LogP contribution >= 0.6 is 23.2 Å². The Hall–Kier alpha value is -3.13. The third kappa shape index (κ3) is 6.77. The minimum absolute atomic E-state index is 0.0231. The normalized spacial score (nSPS) is 22.1. The summed E-state index contributed by atoms with van der Waals surface area (Å²) in [6.45, 7) is 12.0. The topological polar surface area (TPSA) is 137 Å². The van der Waals surface area contributed by atoms with E-state index in [1.165, 1.54) is 0 Å². The molecule has 4 rings (SSSR count). The number of primary amides is 1. The van der Waals surface area contributed by atoms with Crippen LogP contribution in [0.25, 0.3) is 0 Å². The number of hydrogen-bond acceptors (Lipinski definition) is 6. The van der Waals surface area contributed by atoms with E-state index < -0.39 is 0 Å². The number of aliphatic imine (C=N–C) groups is 2. The van der Waals surface area contributed by atoms with Gasteiger partial charge in [0, 0.05) is 24.5 Å². The van der Waals surface area contributed by atoms with E-state index in [1.807, 2.05) is 6.92 Å². The highest BCUT2D eigenvalue weighted by atomic mass is 35.5. The van der Waals surface area contributed by atoms with Crippen molar-refractivity contribution in [1.82, 2.24) is 14.5 Å². The Morgan fingerprint density at radius 3 is 2.48 bits per heavy atom. The molecule has 214 valence electrons. The van der Waals surface area contributed by atoms with Crippen LogP contribution in [0.2, 0.25) is 10.0 Å². The fourth-order valence-corrected chi connectivity index (χ4v) is 6.16. The molecule has 12 heteroatoms. The number of hydrogen-bond donors (Lipinski definition) is 3. The molecule has 1 aromatic heterocycles. The van der Waals surface area contributed by atoms with E-state index in [0.717, 1.165) is 50.3 Å². The summed E-state index contributed by atoms with van der Waals surface area (Å²) in [6, 6.07) is 5.77. The van der Waals surface area contributed by atoms with Gasteiger partial charge in [0.25, 0.3) is 0 Å². The average molecular weight is 587 g/mol. The highest BCUT2D eigenvalue weighted by Gasteiger charge is 2.30. The van der Waals surface area contributed by atoms with E-state index in [4.69, 9.17) is 38.9 Å². The van der Waals surface area contributed by atoms with Crippen LogP contribution in [0, 0.1) is 24.2 Å². The lowest BCUT2D eigenvalue weighted by Crippen LogP contribution is -2.42. The van der Waals surface area contributed by atoms with Crippen LogP contribution in [0.4, 0.5) is 17.5 Å². The Labute approximate surface area is 245 Å². The number of imidazole rings is 1. The number of nitrogens with one attached hydrogen (secondary N) is 2. The number of anilines is 3. The highest BCUT2D eigenvalue weighted by molar-refractivity contribution is 6.39. The number of rotatable bonds is 7. The first-order chi connectivity index (χ1) is 19.1. The summed E-state index contributed by atoms with van der Waals surface area (Å²) in [5, 5.41) is 16.6. The number of carbonyl (C=O) groups is 1. The zero-order chi connectivity index (χ0) is 29.0. The molecule has 2 aliphatic rings. The van der Waals surface area contributed by atoms with Crippen LogP contribution in [0.3, 0.4) is 0 Å². The number of carbonyl (C=O) groups excluding carboxylic acids is 1. The predicted molar refractivity (Wildman–Crippen MR) is 162 cm³/mol. The standard InChI is InChI=1S/C28H37Cl2N9O/c1-16(2)38-11-5-6-20(15-38)35-27(33-4)37-26-17(3)34-28(36-24-22(29)12-18(14-31)13-23(24)30)39(26)21-9-7-19(8-10-21)25(32)40/h12-13,16,19-21H,4-11,15H2,1-3H3,(H2,32,40)(H,34,36)(H,35,37)/t19?,20-,21?/m1/s1. The molecular weight excluding hydrogens is 549 g/mol. The lowest BCUT2D eigenvalue weighted by atomic mass is 9.85. The van der Waals surface area contributed by atoms with E-state index >= 15 is 0 Å². The second-order valence-corrected chi connectivity index (χ2v) is 11.6. The highest BCUT2D eigenvalue weighted by Crippen LogP contribution is 2.40. The molecule has 1 saturated heterocycles. The molecule has 1 saturated carbocycles. The van der Waals surface area contributed by atoms with Gasteiger partial charge in [0.15, 0.2) is 0 Å². The number of piperidine rings is 1. The summed E-state index contributed by atoms with van der Waals surface area (Å²) in [6.07, 6.45) is 4.91. The summed E-state index contributed by atoms with van der Waals surface area (Å²) in [5.74, 6) is 1.29. The number of nitrogens with two attached hydrogens (primary N) is 1. The van der Waals surface area contributed by atoms with Crippen LogP contribution in [-0.2, 0) is 4.79 Å². The zero-order valence-corrected chi connectivity index (χ0v) is 24.8. The monoisotopic (exact) mass is 585 g/mol. The third-order valence-electron chi connectivity index (χ3n) is 7.80. The molecule has 1 atom stereocenters. The van der Waals surface area contributed by atoms with E-state index in [2.05, 4.69) is 51.7 Å². The van der Waals surface area contributed by atoms with Crippen molar-refractivity contribution in [3.05, 3.63) is 33.4 Å². The molecule has 0 radical (unpaired) electrons. The first-order valence-corrected chi connectivity index (χ1v) is 14.5. The number of amides is 1. The molecule has 2 heterocycles. The van der Waals surface area contributed by atoms with Gasteiger partial charge >= 0.3 is 0 Å². The van der Waals surface area contributed by atoms with Gasteiger partial charge < -0.3 is 16.4 Å². The van der Waals surface area contributed by atoms with Gasteiger partial charge in [-0.1, -0.05) is 23.2 Å². The van der Waals surface area contributed by atoms with Gasteiger partial charge in [-0.25, -0.2) is 15.0 Å². The Morgan fingerprint density at radius 2 is 1.90 bits per heavy atom. The van der Waals surface area contributed by atoms with Crippen molar-refractivity contribution in [2.24, 2.45) is 21.6 Å². The number of likely N-dealkylation sites (tertiary alicyclic amines) is 1. The van der Waals surface area contributed by atoms with E-state index in [9.17, 15) is 10.1 Å². The zero-order valence-electron chi connectivity index (χ0n) is 23.3. The van der Waals surface area contributed by atoms with Crippen molar-refractivity contribution in [3.8, 4) is 6.07 Å². The van der Waals surface area contributed by atoms with Crippen molar-refractivity contribution in [3.63, 3.8) is 0 Å². The molecule has 1 aliphatic heterocycles. The number of halogens is 2. The maximum Gasteiger partial charge on any atom is 0.223 e. The van der Waals surface area contributed by atoms with Crippen LogP contribution in [-0.4, -0.2) is 58.2 Å². The third-order valence-corrected chi connectivity index (χ3v) is 8.40. The summed E-state index contributed by atoms with van der Waals surface area (Å²) in [5.41, 5.74) is 7.15. The van der Waals surface area contributed by atoms with Gasteiger partial charge in [0.2, 0.25) is 17.8 Å². The number of aryl methyl sites for hydroxylation is 1. The fourth-order valence-electron chi connectivity index (χ4n) is 5.58. The van der Waals surface area contributed by atoms with Crippen molar-refractivity contribution < 1.29 is 4.79 Å². The molecule has 1 aromatic carbocycles. The molecule has 2 aromatic rings. The number of aromatic nitrogens is 2. The van der Waals surface area contributed by atoms with Crippen molar-refractivity contribution in [2.75, 3.05) is 23.7 Å². The maximum absolute atomic E-state index is 11.8. The molecule has 2 fully saturated rings. The SMILES string of the molecule is C=NC(=N[C@@H]1CCCN(C(C)C)C1)Nc1c(C)nc(Nc2c(Cl)cc(C#N)cc2Cl)n1C1CCC(C(N)=O)CC1. The predicted octanol–water partition coefficient (Wildman–Crippen LogP) is 5.67. The summed E-state index contributed by atoms with van der Waals surface area (Å²) >= 11 is 13.0. The smallest absolute Gasteiger partial charge is 0.223 e. The summed E-state index contributed by atoms with van der Waals surface area (Å²) in [4.78, 5) is 28.2. The minimum Gasteiger partial charge on any atom is -0.369 e. The van der Waals surface area contributed by atoms with Crippen LogP contribution < -0.4 is 16.4 Å². The summed E-state index contributed by atoms with van der Waals surface area (Å²) < 4.78 is 2.07. The molecule has 40 heavy (non-hydrogen) atoms. The summed E-state index contributed by atoms with van der Waals surface area (Å²) in [7, 11) is 0. The largest absolute Gasteiger partial charge is 0.369 e. The van der Waals surface area contributed by atoms with Crippen molar-refractivity contribution in [1.29, 1.82) is 5.26 Å². The molecular formula is C28H37Cl2N9O. The quantitative estimate of drug-likeness (QED) is 0.282. The van der Waals surface area contributed by atoms with Gasteiger partial charge in [-0.15, -0.1) is 0 Å². The molecule has 0 spiro atoms. The van der Waals surface area contributed by atoms with E-state index in [0.29, 0.717) is 52.1 Å². The lowest BCUT2D eigenvalue weighted by molar-refractivity contribution is -0.122.